The molecule has 0 N–H and O–H groups in total. The molecule has 0 spiro atoms. The second kappa shape index (κ2) is 6.07. The van der Waals surface area contributed by atoms with Crippen LogP contribution < -0.4 is 0 Å². The Kier molecular flexibility index (Phi) is 3.77. The number of allylic oxidation sites excluding steroid dienone is 6. The first kappa shape index (κ1) is 16.8. The summed E-state index contributed by atoms with van der Waals surface area (Å²) in [6, 6.07) is 17.9. The monoisotopic (exact) mass is 366 g/mol. The second-order valence-electron chi connectivity index (χ2n) is 8.68. The standard InChI is InChI=1S/C26H26Si/c1-27(2,25-18-22-12-6-7-13-23(22)19-25)26(14-8-3-9-15-26)24-16-20-10-4-5-11-21(20)17-24/h3-14,16,18H,15,17,19H2,1-2H3. The molecule has 0 heterocycles. The fourth-order valence-corrected chi connectivity index (χ4v) is 9.08. The molecule has 0 fully saturated rings. The molecule has 0 saturated heterocycles. The summed E-state index contributed by atoms with van der Waals surface area (Å²) in [7, 11) is -1.77. The molecule has 3 aliphatic carbocycles. The van der Waals surface area contributed by atoms with E-state index in [1.807, 2.05) is 0 Å². The van der Waals surface area contributed by atoms with E-state index in [0.717, 1.165) is 19.3 Å². The highest BCUT2D eigenvalue weighted by molar-refractivity contribution is 6.89. The molecule has 0 radical (unpaired) electrons. The summed E-state index contributed by atoms with van der Waals surface area (Å²) in [6.07, 6.45) is 17.8. The minimum Gasteiger partial charge on any atom is -0.0836 e. The van der Waals surface area contributed by atoms with Gasteiger partial charge in [-0.3, -0.25) is 0 Å². The predicted molar refractivity (Wildman–Crippen MR) is 119 cm³/mol. The van der Waals surface area contributed by atoms with Gasteiger partial charge < -0.3 is 0 Å². The maximum atomic E-state index is 2.60. The molecule has 27 heavy (non-hydrogen) atoms. The van der Waals surface area contributed by atoms with Gasteiger partial charge in [0.2, 0.25) is 0 Å². The van der Waals surface area contributed by atoms with Crippen molar-refractivity contribution in [2.45, 2.75) is 37.4 Å². The van der Waals surface area contributed by atoms with Crippen molar-refractivity contribution in [3.8, 4) is 0 Å². The molecule has 0 saturated carbocycles. The van der Waals surface area contributed by atoms with Gasteiger partial charge >= 0.3 is 0 Å². The Hall–Kier alpha value is -2.38. The van der Waals surface area contributed by atoms with Crippen molar-refractivity contribution in [2.75, 3.05) is 0 Å². The maximum absolute atomic E-state index is 2.60. The zero-order chi connectivity index (χ0) is 18.5. The Morgan fingerprint density at radius 1 is 0.778 bits per heavy atom. The lowest BCUT2D eigenvalue weighted by molar-refractivity contribution is 0.741. The van der Waals surface area contributed by atoms with Gasteiger partial charge in [-0.1, -0.05) is 109 Å². The third-order valence-corrected chi connectivity index (χ3v) is 11.9. The summed E-state index contributed by atoms with van der Waals surface area (Å²) in [6.45, 7) is 5.19. The van der Waals surface area contributed by atoms with Crippen LogP contribution in [-0.4, -0.2) is 8.07 Å². The molecule has 0 amide bonds. The molecule has 0 aromatic heterocycles. The van der Waals surface area contributed by atoms with Crippen molar-refractivity contribution in [3.63, 3.8) is 0 Å². The summed E-state index contributed by atoms with van der Waals surface area (Å²) in [5, 5.41) is 1.87. The van der Waals surface area contributed by atoms with Crippen LogP contribution in [0.4, 0.5) is 0 Å². The number of hydrogen-bond donors (Lipinski definition) is 0. The van der Waals surface area contributed by atoms with Crippen LogP contribution in [0.15, 0.2) is 83.6 Å². The lowest BCUT2D eigenvalue weighted by Gasteiger charge is -2.46. The van der Waals surface area contributed by atoms with E-state index in [1.54, 1.807) is 10.8 Å². The molecule has 1 unspecified atom stereocenters. The van der Waals surface area contributed by atoms with Crippen LogP contribution in [0.2, 0.25) is 18.1 Å². The molecule has 2 aromatic rings. The Morgan fingerprint density at radius 3 is 2.07 bits per heavy atom. The van der Waals surface area contributed by atoms with E-state index in [1.165, 1.54) is 22.3 Å². The fraction of sp³-hybridized carbons (Fsp3) is 0.231. The van der Waals surface area contributed by atoms with Crippen LogP contribution >= 0.6 is 0 Å². The summed E-state index contributed by atoms with van der Waals surface area (Å²) in [5.41, 5.74) is 7.47. The molecular weight excluding hydrogens is 340 g/mol. The zero-order valence-electron chi connectivity index (χ0n) is 16.2. The van der Waals surface area contributed by atoms with Gasteiger partial charge in [0.25, 0.3) is 0 Å². The van der Waals surface area contributed by atoms with E-state index in [2.05, 4.69) is 98.1 Å². The van der Waals surface area contributed by atoms with Gasteiger partial charge in [-0.15, -0.1) is 0 Å². The summed E-state index contributed by atoms with van der Waals surface area (Å²) >= 11 is 0. The summed E-state index contributed by atoms with van der Waals surface area (Å²) in [4.78, 5) is 0. The van der Waals surface area contributed by atoms with E-state index in [-0.39, 0.29) is 5.04 Å². The quantitative estimate of drug-likeness (QED) is 0.526. The van der Waals surface area contributed by atoms with Crippen molar-refractivity contribution in [1.82, 2.24) is 0 Å². The fourth-order valence-electron chi connectivity index (χ4n) is 5.26. The molecule has 1 heteroatoms. The first-order valence-electron chi connectivity index (χ1n) is 10.0. The highest BCUT2D eigenvalue weighted by atomic mass is 28.3. The van der Waals surface area contributed by atoms with Gasteiger partial charge in [0, 0.05) is 5.04 Å². The van der Waals surface area contributed by atoms with Gasteiger partial charge in [-0.05, 0) is 41.5 Å². The Morgan fingerprint density at radius 2 is 1.44 bits per heavy atom. The molecule has 0 aliphatic heterocycles. The van der Waals surface area contributed by atoms with Gasteiger partial charge in [0.1, 0.15) is 0 Å². The average Bonchev–Trinajstić information content (AvgIpc) is 3.33. The molecule has 134 valence electrons. The smallest absolute Gasteiger partial charge is 0.0836 e. The number of rotatable bonds is 3. The van der Waals surface area contributed by atoms with E-state index in [0.29, 0.717) is 0 Å². The second-order valence-corrected chi connectivity index (χ2v) is 13.5. The van der Waals surface area contributed by atoms with Crippen molar-refractivity contribution < 1.29 is 0 Å². The number of benzene rings is 2. The lowest BCUT2D eigenvalue weighted by Crippen LogP contribution is -2.45. The first-order valence-corrected chi connectivity index (χ1v) is 13.0. The van der Waals surface area contributed by atoms with Crippen LogP contribution in [0, 0.1) is 0 Å². The average molecular weight is 367 g/mol. The van der Waals surface area contributed by atoms with Gasteiger partial charge in [-0.25, -0.2) is 0 Å². The largest absolute Gasteiger partial charge is 0.0908 e. The third kappa shape index (κ3) is 2.49. The highest BCUT2D eigenvalue weighted by Crippen LogP contribution is 2.58. The van der Waals surface area contributed by atoms with Crippen molar-refractivity contribution in [3.05, 3.63) is 106 Å². The van der Waals surface area contributed by atoms with Crippen LogP contribution in [-0.2, 0) is 12.8 Å². The first-order chi connectivity index (χ1) is 13.1. The zero-order valence-corrected chi connectivity index (χ0v) is 17.2. The maximum Gasteiger partial charge on any atom is 0.0908 e. The normalized spacial score (nSPS) is 23.0. The minimum atomic E-state index is -1.77. The van der Waals surface area contributed by atoms with Gasteiger partial charge in [0.15, 0.2) is 0 Å². The molecule has 2 aromatic carbocycles. The Labute approximate surface area is 163 Å². The summed E-state index contributed by atoms with van der Waals surface area (Å²) < 4.78 is 0. The van der Waals surface area contributed by atoms with Crippen LogP contribution in [0.1, 0.15) is 28.7 Å². The molecule has 0 bridgehead atoms. The molecule has 0 nitrogen and oxygen atoms in total. The molecule has 1 atom stereocenters. The SMILES string of the molecule is C[Si](C)(C1=Cc2ccccc2C1)C1(C2=Cc3ccccc3C2)C=CC=CC1. The number of hydrogen-bond acceptors (Lipinski definition) is 0. The number of fused-ring (bicyclic) bond motifs is 2. The Balaban J connectivity index is 1.59. The minimum absolute atomic E-state index is 0.175. The topological polar surface area (TPSA) is 0 Å². The van der Waals surface area contributed by atoms with Crippen LogP contribution in [0.3, 0.4) is 0 Å². The van der Waals surface area contributed by atoms with Crippen molar-refractivity contribution in [2.24, 2.45) is 0 Å². The molecular formula is C26H26Si. The van der Waals surface area contributed by atoms with Gasteiger partial charge in [0.05, 0.1) is 8.07 Å². The van der Waals surface area contributed by atoms with Crippen molar-refractivity contribution in [1.29, 1.82) is 0 Å². The van der Waals surface area contributed by atoms with Gasteiger partial charge in [-0.2, -0.15) is 0 Å². The van der Waals surface area contributed by atoms with Crippen LogP contribution in [0.5, 0.6) is 0 Å². The third-order valence-electron chi connectivity index (χ3n) is 7.09. The predicted octanol–water partition coefficient (Wildman–Crippen LogP) is 6.77. The molecule has 3 aliphatic rings. The van der Waals surface area contributed by atoms with E-state index >= 15 is 0 Å². The van der Waals surface area contributed by atoms with E-state index in [4.69, 9.17) is 0 Å². The lowest BCUT2D eigenvalue weighted by atomic mass is 9.89. The van der Waals surface area contributed by atoms with Crippen LogP contribution in [0.25, 0.3) is 12.2 Å². The van der Waals surface area contributed by atoms with E-state index < -0.39 is 8.07 Å². The summed E-state index contributed by atoms with van der Waals surface area (Å²) in [5.74, 6) is 0. The Bertz CT molecular complexity index is 1030. The van der Waals surface area contributed by atoms with Crippen molar-refractivity contribution >= 4 is 20.2 Å². The highest BCUT2D eigenvalue weighted by Gasteiger charge is 2.50. The molecule has 5 rings (SSSR count). The van der Waals surface area contributed by atoms with E-state index in [9.17, 15) is 0 Å².